The molecule has 8 heteroatoms. The summed E-state index contributed by atoms with van der Waals surface area (Å²) in [6, 6.07) is 24.2. The lowest BCUT2D eigenvalue weighted by molar-refractivity contribution is 0.400. The third-order valence-electron chi connectivity index (χ3n) is 5.30. The van der Waals surface area contributed by atoms with E-state index in [4.69, 9.17) is 9.52 Å². The molecule has 1 N–H and O–H groups in total. The average Bonchev–Trinajstić information content (AvgIpc) is 3.20. The fourth-order valence-electron chi connectivity index (χ4n) is 3.77. The van der Waals surface area contributed by atoms with Crippen LogP contribution in [0.4, 0.5) is 11.5 Å². The molecule has 2 heterocycles. The van der Waals surface area contributed by atoms with Gasteiger partial charge in [0.15, 0.2) is 5.82 Å². The first-order valence-electron chi connectivity index (χ1n) is 10.00. The van der Waals surface area contributed by atoms with E-state index in [0.29, 0.717) is 11.4 Å². The van der Waals surface area contributed by atoms with E-state index < -0.39 is 10.0 Å². The molecule has 0 saturated heterocycles. The van der Waals surface area contributed by atoms with Gasteiger partial charge in [0.25, 0.3) is 10.0 Å². The first-order chi connectivity index (χ1) is 15.4. The molecule has 0 radical (unpaired) electrons. The van der Waals surface area contributed by atoms with E-state index in [1.165, 1.54) is 18.2 Å². The van der Waals surface area contributed by atoms with Crippen molar-refractivity contribution in [3.63, 3.8) is 0 Å². The van der Waals surface area contributed by atoms with Gasteiger partial charge in [0.1, 0.15) is 5.76 Å². The molecule has 0 atom stereocenters. The quantitative estimate of drug-likeness (QED) is 0.408. The van der Waals surface area contributed by atoms with E-state index in [1.807, 2.05) is 43.4 Å². The van der Waals surface area contributed by atoms with Crippen molar-refractivity contribution in [3.05, 3.63) is 90.0 Å². The third-order valence-corrected chi connectivity index (χ3v) is 6.67. The van der Waals surface area contributed by atoms with Crippen molar-refractivity contribution in [2.45, 2.75) is 11.8 Å². The minimum Gasteiger partial charge on any atom is -0.360 e. The van der Waals surface area contributed by atoms with Crippen molar-refractivity contribution >= 4 is 43.3 Å². The normalized spacial score (nSPS) is 11.7. The summed E-state index contributed by atoms with van der Waals surface area (Å²) < 4.78 is 34.8. The number of nitrogens with one attached hydrogen (secondary N) is 1. The molecule has 2 aromatic heterocycles. The number of nitrogens with zero attached hydrogens (tertiary/aromatic N) is 3. The first kappa shape index (κ1) is 20.0. The summed E-state index contributed by atoms with van der Waals surface area (Å²) in [4.78, 5) is 5.01. The van der Waals surface area contributed by atoms with Gasteiger partial charge in [-0.3, -0.25) is 4.72 Å². The highest BCUT2D eigenvalue weighted by atomic mass is 32.2. The van der Waals surface area contributed by atoms with E-state index in [2.05, 4.69) is 26.6 Å². The molecule has 0 aliphatic heterocycles. The van der Waals surface area contributed by atoms with E-state index in [1.54, 1.807) is 19.1 Å². The molecule has 0 aliphatic rings. The van der Waals surface area contributed by atoms with Crippen molar-refractivity contribution in [1.82, 2.24) is 9.72 Å². The van der Waals surface area contributed by atoms with Gasteiger partial charge in [-0.05, 0) is 43.3 Å². The second-order valence-corrected chi connectivity index (χ2v) is 9.16. The Bertz CT molecular complexity index is 1570. The molecule has 0 fully saturated rings. The zero-order valence-electron chi connectivity index (χ0n) is 17.5. The largest absolute Gasteiger partial charge is 0.360 e. The summed E-state index contributed by atoms with van der Waals surface area (Å²) in [6.45, 7) is 1.69. The molecule has 5 aromatic rings. The summed E-state index contributed by atoms with van der Waals surface area (Å²) in [5.41, 5.74) is 2.79. The Kier molecular flexibility index (Phi) is 4.79. The van der Waals surface area contributed by atoms with Crippen LogP contribution in [0, 0.1) is 6.92 Å². The minimum atomic E-state index is -3.78. The van der Waals surface area contributed by atoms with Crippen LogP contribution in [0.1, 0.15) is 5.76 Å². The predicted molar refractivity (Wildman–Crippen MR) is 124 cm³/mol. The van der Waals surface area contributed by atoms with Crippen molar-refractivity contribution < 1.29 is 12.9 Å². The molecule has 5 rings (SSSR count). The Hall–Kier alpha value is -3.91. The van der Waals surface area contributed by atoms with E-state index in [-0.39, 0.29) is 10.7 Å². The Morgan fingerprint density at radius 2 is 1.50 bits per heavy atom. The zero-order valence-corrected chi connectivity index (χ0v) is 18.3. The maximum Gasteiger partial charge on any atom is 0.263 e. The van der Waals surface area contributed by atoms with Crippen LogP contribution in [-0.2, 0) is 17.1 Å². The van der Waals surface area contributed by atoms with E-state index in [9.17, 15) is 8.42 Å². The summed E-state index contributed by atoms with van der Waals surface area (Å²) in [6.07, 6.45) is 0. The van der Waals surface area contributed by atoms with Gasteiger partial charge in [0.05, 0.1) is 27.0 Å². The van der Waals surface area contributed by atoms with E-state index in [0.717, 1.165) is 27.2 Å². The summed E-state index contributed by atoms with van der Waals surface area (Å²) in [5.74, 6) is 0.666. The molecule has 7 nitrogen and oxygen atoms in total. The highest BCUT2D eigenvalue weighted by Crippen LogP contribution is 2.22. The first-order valence-corrected chi connectivity index (χ1v) is 11.5. The highest BCUT2D eigenvalue weighted by Gasteiger charge is 2.16. The highest BCUT2D eigenvalue weighted by molar-refractivity contribution is 7.92. The number of fused-ring (bicyclic) bond motifs is 2. The van der Waals surface area contributed by atoms with Gasteiger partial charge >= 0.3 is 0 Å². The van der Waals surface area contributed by atoms with Crippen LogP contribution in [0.3, 0.4) is 0 Å². The topological polar surface area (TPSA) is 89.5 Å². The van der Waals surface area contributed by atoms with Crippen molar-refractivity contribution in [1.29, 1.82) is 0 Å². The monoisotopic (exact) mass is 444 g/mol. The lowest BCUT2D eigenvalue weighted by Crippen LogP contribution is -2.13. The molecule has 0 bridgehead atoms. The lowest BCUT2D eigenvalue weighted by Gasteiger charge is -2.12. The van der Waals surface area contributed by atoms with Crippen LogP contribution in [0.2, 0.25) is 0 Å². The molecular weight excluding hydrogens is 424 g/mol. The lowest BCUT2D eigenvalue weighted by atomic mass is 10.1. The number of sulfonamides is 1. The minimum absolute atomic E-state index is 0.117. The van der Waals surface area contributed by atoms with Crippen LogP contribution in [-0.4, -0.2) is 18.1 Å². The summed E-state index contributed by atoms with van der Waals surface area (Å²) in [5, 5.41) is 6.57. The van der Waals surface area contributed by atoms with Gasteiger partial charge < -0.3 is 9.09 Å². The number of hydrogen-bond donors (Lipinski definition) is 1. The maximum atomic E-state index is 12.6. The standard InChI is InChI=1S/C24H20N4O3S/c1-16-15-23(26-31-16)27-32(29,30)18-13-11-17(12-14-18)25-24-19-7-3-5-9-21(19)28(2)22-10-6-4-8-20(22)24/h3-15H,1-2H3,(H,26,27). The summed E-state index contributed by atoms with van der Waals surface area (Å²) in [7, 11) is -1.74. The number of pyridine rings is 1. The smallest absolute Gasteiger partial charge is 0.263 e. The zero-order chi connectivity index (χ0) is 22.3. The number of para-hydroxylation sites is 2. The van der Waals surface area contributed by atoms with Crippen molar-refractivity contribution in [3.8, 4) is 0 Å². The van der Waals surface area contributed by atoms with Gasteiger partial charge in [-0.1, -0.05) is 41.6 Å². The molecule has 0 saturated carbocycles. The Labute approximate surface area is 184 Å². The maximum absolute atomic E-state index is 12.6. The molecule has 32 heavy (non-hydrogen) atoms. The molecule has 0 unspecified atom stereocenters. The number of aryl methyl sites for hydroxylation is 2. The molecule has 3 aromatic carbocycles. The fourth-order valence-corrected chi connectivity index (χ4v) is 4.75. The number of hydrogen-bond acceptors (Lipinski definition) is 5. The molecule has 0 spiro atoms. The van der Waals surface area contributed by atoms with Crippen LogP contribution >= 0.6 is 0 Å². The second kappa shape index (κ2) is 7.65. The van der Waals surface area contributed by atoms with E-state index >= 15 is 0 Å². The number of benzene rings is 3. The number of aromatic nitrogens is 2. The van der Waals surface area contributed by atoms with Crippen LogP contribution in [0.15, 0.2) is 93.3 Å². The molecule has 160 valence electrons. The Morgan fingerprint density at radius 1 is 0.906 bits per heavy atom. The van der Waals surface area contributed by atoms with Gasteiger partial charge in [0, 0.05) is 23.9 Å². The summed E-state index contributed by atoms with van der Waals surface area (Å²) >= 11 is 0. The number of rotatable bonds is 4. The van der Waals surface area contributed by atoms with Crippen LogP contribution in [0.5, 0.6) is 0 Å². The molecular formula is C24H20N4O3S. The molecule has 0 aliphatic carbocycles. The van der Waals surface area contributed by atoms with Gasteiger partial charge in [-0.25, -0.2) is 13.4 Å². The Morgan fingerprint density at radius 3 is 2.06 bits per heavy atom. The van der Waals surface area contributed by atoms with Gasteiger partial charge in [-0.15, -0.1) is 0 Å². The second-order valence-electron chi connectivity index (χ2n) is 7.48. The van der Waals surface area contributed by atoms with Gasteiger partial charge in [0.2, 0.25) is 0 Å². The Balaban J connectivity index is 1.61. The fraction of sp³-hybridized carbons (Fsp3) is 0.0833. The average molecular weight is 445 g/mol. The predicted octanol–water partition coefficient (Wildman–Crippen LogP) is 4.66. The molecule has 0 amide bonds. The van der Waals surface area contributed by atoms with Crippen LogP contribution in [0.25, 0.3) is 21.8 Å². The number of anilines is 1. The third kappa shape index (κ3) is 3.54. The van der Waals surface area contributed by atoms with Gasteiger partial charge in [-0.2, -0.15) is 0 Å². The van der Waals surface area contributed by atoms with Crippen molar-refractivity contribution in [2.75, 3.05) is 4.72 Å². The van der Waals surface area contributed by atoms with Crippen molar-refractivity contribution in [2.24, 2.45) is 12.0 Å². The van der Waals surface area contributed by atoms with Crippen LogP contribution < -0.4 is 10.1 Å². The SMILES string of the molecule is Cc1cc(NS(=O)(=O)c2ccc(N=c3c4ccccc4n(C)c4ccccc34)cc2)no1.